The van der Waals surface area contributed by atoms with E-state index in [4.69, 9.17) is 9.47 Å². The van der Waals surface area contributed by atoms with Crippen LogP contribution in [0.15, 0.2) is 54.7 Å². The molecule has 0 aliphatic carbocycles. The molecule has 3 aromatic rings. The van der Waals surface area contributed by atoms with E-state index in [-0.39, 0.29) is 18.5 Å². The number of carbonyl (C=O) groups is 1. The van der Waals surface area contributed by atoms with Crippen LogP contribution in [0.3, 0.4) is 0 Å². The Bertz CT molecular complexity index is 920. The van der Waals surface area contributed by atoms with Gasteiger partial charge in [0.1, 0.15) is 11.9 Å². The molecule has 4 heteroatoms. The standard InChI is InChI=1S/C20H17NO3/c1-2-23-19(22)12-18-15-8-5-9-21-20(15)16-10-13-6-3-4-7-14(13)11-17(16)24-18/h3-11,18H,2,12H2,1H3. The van der Waals surface area contributed by atoms with Gasteiger partial charge in [0.25, 0.3) is 0 Å². The SMILES string of the molecule is CCOC(=O)CC1Oc2cc3ccccc3cc2-c2ncccc21. The maximum absolute atomic E-state index is 11.9. The van der Waals surface area contributed by atoms with Gasteiger partial charge in [0.15, 0.2) is 0 Å². The van der Waals surface area contributed by atoms with Gasteiger partial charge in [-0.05, 0) is 35.9 Å². The van der Waals surface area contributed by atoms with E-state index in [0.717, 1.165) is 33.3 Å². The lowest BCUT2D eigenvalue weighted by atomic mass is 9.94. The molecule has 1 atom stereocenters. The average molecular weight is 319 g/mol. The van der Waals surface area contributed by atoms with Crippen molar-refractivity contribution < 1.29 is 14.3 Å². The number of ether oxygens (including phenoxy) is 2. The van der Waals surface area contributed by atoms with Crippen molar-refractivity contribution in [1.82, 2.24) is 4.98 Å². The largest absolute Gasteiger partial charge is 0.484 e. The molecular formula is C20H17NO3. The second-order valence-electron chi connectivity index (χ2n) is 5.75. The van der Waals surface area contributed by atoms with Gasteiger partial charge in [-0.25, -0.2) is 0 Å². The number of carbonyl (C=O) groups excluding carboxylic acids is 1. The fourth-order valence-corrected chi connectivity index (χ4v) is 3.14. The first-order valence-corrected chi connectivity index (χ1v) is 8.06. The van der Waals surface area contributed by atoms with Crippen LogP contribution >= 0.6 is 0 Å². The monoisotopic (exact) mass is 319 g/mol. The summed E-state index contributed by atoms with van der Waals surface area (Å²) in [6, 6.07) is 16.1. The molecule has 0 fully saturated rings. The Balaban J connectivity index is 1.82. The Morgan fingerprint density at radius 1 is 1.17 bits per heavy atom. The van der Waals surface area contributed by atoms with Gasteiger partial charge in [-0.1, -0.05) is 30.3 Å². The Labute approximate surface area is 140 Å². The minimum Gasteiger partial charge on any atom is -0.484 e. The number of rotatable bonds is 3. The topological polar surface area (TPSA) is 48.4 Å². The molecule has 0 saturated carbocycles. The molecule has 24 heavy (non-hydrogen) atoms. The molecule has 4 rings (SSSR count). The van der Waals surface area contributed by atoms with Crippen LogP contribution in [0.4, 0.5) is 0 Å². The van der Waals surface area contributed by atoms with Crippen molar-refractivity contribution in [2.75, 3.05) is 6.61 Å². The van der Waals surface area contributed by atoms with Crippen molar-refractivity contribution in [3.8, 4) is 17.0 Å². The molecule has 0 bridgehead atoms. The van der Waals surface area contributed by atoms with E-state index in [1.165, 1.54) is 0 Å². The van der Waals surface area contributed by atoms with Gasteiger partial charge in [0.05, 0.1) is 18.7 Å². The molecule has 120 valence electrons. The molecule has 0 radical (unpaired) electrons. The van der Waals surface area contributed by atoms with E-state index in [9.17, 15) is 4.79 Å². The lowest BCUT2D eigenvalue weighted by molar-refractivity contribution is -0.145. The van der Waals surface area contributed by atoms with E-state index in [1.54, 1.807) is 13.1 Å². The van der Waals surface area contributed by atoms with Gasteiger partial charge in [0, 0.05) is 17.3 Å². The Morgan fingerprint density at radius 3 is 2.75 bits per heavy atom. The van der Waals surface area contributed by atoms with E-state index >= 15 is 0 Å². The highest BCUT2D eigenvalue weighted by Crippen LogP contribution is 2.44. The van der Waals surface area contributed by atoms with Crippen molar-refractivity contribution in [2.45, 2.75) is 19.4 Å². The quantitative estimate of drug-likeness (QED) is 0.676. The lowest BCUT2D eigenvalue weighted by Crippen LogP contribution is -2.19. The van der Waals surface area contributed by atoms with Crippen molar-refractivity contribution >= 4 is 16.7 Å². The minimum atomic E-state index is -0.374. The third kappa shape index (κ3) is 2.50. The van der Waals surface area contributed by atoms with Crippen molar-refractivity contribution in [2.24, 2.45) is 0 Å². The van der Waals surface area contributed by atoms with Crippen LogP contribution in [0.2, 0.25) is 0 Å². The molecule has 4 nitrogen and oxygen atoms in total. The van der Waals surface area contributed by atoms with Gasteiger partial charge in [-0.2, -0.15) is 0 Å². The Kier molecular flexibility index (Phi) is 3.65. The number of esters is 1. The number of benzene rings is 2. The Morgan fingerprint density at radius 2 is 1.96 bits per heavy atom. The fourth-order valence-electron chi connectivity index (χ4n) is 3.14. The van der Waals surface area contributed by atoms with Crippen LogP contribution in [0, 0.1) is 0 Å². The summed E-state index contributed by atoms with van der Waals surface area (Å²) in [6.45, 7) is 2.17. The molecule has 0 amide bonds. The maximum Gasteiger partial charge on any atom is 0.309 e. The molecule has 1 unspecified atom stereocenters. The van der Waals surface area contributed by atoms with Gasteiger partial charge < -0.3 is 9.47 Å². The van der Waals surface area contributed by atoms with Crippen LogP contribution in [0.5, 0.6) is 5.75 Å². The number of nitrogens with zero attached hydrogens (tertiary/aromatic N) is 1. The Hall–Kier alpha value is -2.88. The summed E-state index contributed by atoms with van der Waals surface area (Å²) in [7, 11) is 0. The third-order valence-corrected chi connectivity index (χ3v) is 4.22. The maximum atomic E-state index is 11.9. The second kappa shape index (κ2) is 5.96. The average Bonchev–Trinajstić information content (AvgIpc) is 2.61. The fraction of sp³-hybridized carbons (Fsp3) is 0.200. The smallest absolute Gasteiger partial charge is 0.309 e. The number of fused-ring (bicyclic) bond motifs is 4. The molecule has 1 aliphatic rings. The first-order valence-electron chi connectivity index (χ1n) is 8.06. The van der Waals surface area contributed by atoms with Crippen molar-refractivity contribution in [3.63, 3.8) is 0 Å². The molecule has 1 aliphatic heterocycles. The van der Waals surface area contributed by atoms with Gasteiger partial charge in [-0.15, -0.1) is 0 Å². The van der Waals surface area contributed by atoms with E-state index in [0.29, 0.717) is 6.61 Å². The molecule has 1 aromatic heterocycles. The normalized spacial score (nSPS) is 15.3. The summed E-state index contributed by atoms with van der Waals surface area (Å²) in [5, 5.41) is 2.24. The zero-order valence-corrected chi connectivity index (χ0v) is 13.4. The highest BCUT2D eigenvalue weighted by molar-refractivity contribution is 5.91. The molecule has 0 saturated heterocycles. The van der Waals surface area contributed by atoms with Gasteiger partial charge in [-0.3, -0.25) is 9.78 Å². The first-order chi connectivity index (χ1) is 11.8. The predicted molar refractivity (Wildman–Crippen MR) is 91.8 cm³/mol. The predicted octanol–water partition coefficient (Wildman–Crippen LogP) is 4.29. The van der Waals surface area contributed by atoms with Crippen molar-refractivity contribution in [1.29, 1.82) is 0 Å². The molecule has 0 spiro atoms. The summed E-state index contributed by atoms with van der Waals surface area (Å²) < 4.78 is 11.2. The van der Waals surface area contributed by atoms with Gasteiger partial charge in [0.2, 0.25) is 0 Å². The van der Waals surface area contributed by atoms with E-state index in [2.05, 4.69) is 17.1 Å². The minimum absolute atomic E-state index is 0.179. The molecule has 2 aromatic carbocycles. The third-order valence-electron chi connectivity index (χ3n) is 4.22. The number of pyridine rings is 1. The van der Waals surface area contributed by atoms with Crippen LogP contribution in [-0.2, 0) is 9.53 Å². The molecular weight excluding hydrogens is 302 g/mol. The van der Waals surface area contributed by atoms with Crippen LogP contribution < -0.4 is 4.74 Å². The van der Waals surface area contributed by atoms with Crippen LogP contribution in [-0.4, -0.2) is 17.6 Å². The van der Waals surface area contributed by atoms with Crippen LogP contribution in [0.1, 0.15) is 25.0 Å². The van der Waals surface area contributed by atoms with Gasteiger partial charge >= 0.3 is 5.97 Å². The highest BCUT2D eigenvalue weighted by Gasteiger charge is 2.29. The second-order valence-corrected chi connectivity index (χ2v) is 5.75. The number of hydrogen-bond acceptors (Lipinski definition) is 4. The summed E-state index contributed by atoms with van der Waals surface area (Å²) in [4.78, 5) is 16.5. The summed E-state index contributed by atoms with van der Waals surface area (Å²) in [5.41, 5.74) is 2.76. The molecule has 0 N–H and O–H groups in total. The highest BCUT2D eigenvalue weighted by atomic mass is 16.5. The summed E-state index contributed by atoms with van der Waals surface area (Å²) in [6.07, 6.45) is 1.57. The first kappa shape index (κ1) is 14.7. The van der Waals surface area contributed by atoms with E-state index in [1.807, 2.05) is 36.4 Å². The lowest BCUT2D eigenvalue weighted by Gasteiger charge is -2.27. The zero-order valence-electron chi connectivity index (χ0n) is 13.4. The summed E-state index contributed by atoms with van der Waals surface area (Å²) >= 11 is 0. The van der Waals surface area contributed by atoms with E-state index < -0.39 is 0 Å². The number of aromatic nitrogens is 1. The van der Waals surface area contributed by atoms with Crippen molar-refractivity contribution in [3.05, 3.63) is 60.3 Å². The summed E-state index contributed by atoms with van der Waals surface area (Å²) in [5.74, 6) is 0.496. The zero-order chi connectivity index (χ0) is 16.5. The van der Waals surface area contributed by atoms with Crippen LogP contribution in [0.25, 0.3) is 22.0 Å². The molecule has 2 heterocycles. The number of hydrogen-bond donors (Lipinski definition) is 0.